The predicted molar refractivity (Wildman–Crippen MR) is 61.9 cm³/mol. The van der Waals surface area contributed by atoms with Gasteiger partial charge in [-0.3, -0.25) is 0 Å². The van der Waals surface area contributed by atoms with Crippen LogP contribution >= 0.6 is 0 Å². The summed E-state index contributed by atoms with van der Waals surface area (Å²) in [4.78, 5) is 0. The van der Waals surface area contributed by atoms with Crippen LogP contribution in [0.2, 0.25) is 0 Å². The summed E-state index contributed by atoms with van der Waals surface area (Å²) in [6.07, 6.45) is 9.03. The Kier molecular flexibility index (Phi) is 1.49. The summed E-state index contributed by atoms with van der Waals surface area (Å²) in [6, 6.07) is 9.12. The van der Waals surface area contributed by atoms with E-state index in [1.807, 2.05) is 0 Å². The Bertz CT molecular complexity index is 396. The normalized spacial score (nSPS) is 41.3. The van der Waals surface area contributed by atoms with Crippen LogP contribution in [0.4, 0.5) is 0 Å². The molecule has 1 aromatic rings. The van der Waals surface area contributed by atoms with Crippen LogP contribution in [-0.4, -0.2) is 0 Å². The van der Waals surface area contributed by atoms with Gasteiger partial charge in [0.05, 0.1) is 0 Å². The lowest BCUT2D eigenvalue weighted by Gasteiger charge is -2.43. The van der Waals surface area contributed by atoms with E-state index in [0.717, 1.165) is 17.3 Å². The predicted octanol–water partition coefficient (Wildman–Crippen LogP) is 3.91. The molecule has 2 saturated carbocycles. The van der Waals surface area contributed by atoms with Crippen molar-refractivity contribution in [3.8, 4) is 0 Å². The van der Waals surface area contributed by atoms with E-state index in [1.54, 1.807) is 17.5 Å². The van der Waals surface area contributed by atoms with E-state index in [0.29, 0.717) is 0 Å². The Hall–Kier alpha value is -0.780. The first-order valence-corrected chi connectivity index (χ1v) is 6.45. The first-order chi connectivity index (χ1) is 7.37. The van der Waals surface area contributed by atoms with Gasteiger partial charge in [0, 0.05) is 0 Å². The maximum Gasteiger partial charge on any atom is -0.00619 e. The molecule has 0 saturated heterocycles. The summed E-state index contributed by atoms with van der Waals surface area (Å²) in [6.45, 7) is 0. The first-order valence-electron chi connectivity index (χ1n) is 6.45. The van der Waals surface area contributed by atoms with Gasteiger partial charge in [-0.1, -0.05) is 24.3 Å². The van der Waals surface area contributed by atoms with Gasteiger partial charge in [-0.2, -0.15) is 0 Å². The molecule has 0 spiro atoms. The van der Waals surface area contributed by atoms with E-state index in [-0.39, 0.29) is 0 Å². The summed E-state index contributed by atoms with van der Waals surface area (Å²) < 4.78 is 0. The van der Waals surface area contributed by atoms with Crippen molar-refractivity contribution in [3.63, 3.8) is 0 Å². The number of hydrogen-bond donors (Lipinski definition) is 0. The van der Waals surface area contributed by atoms with E-state index < -0.39 is 0 Å². The van der Waals surface area contributed by atoms with E-state index >= 15 is 0 Å². The van der Waals surface area contributed by atoms with E-state index in [2.05, 4.69) is 24.3 Å². The molecule has 0 radical (unpaired) electrons. The highest BCUT2D eigenvalue weighted by Crippen LogP contribution is 2.64. The number of hydrogen-bond acceptors (Lipinski definition) is 0. The molecule has 15 heavy (non-hydrogen) atoms. The number of rotatable bonds is 1. The molecule has 4 rings (SSSR count). The molecule has 0 heterocycles. The summed E-state index contributed by atoms with van der Waals surface area (Å²) >= 11 is 0. The van der Waals surface area contributed by atoms with Crippen LogP contribution in [0, 0.1) is 11.3 Å². The van der Waals surface area contributed by atoms with Crippen LogP contribution in [0.15, 0.2) is 24.3 Å². The summed E-state index contributed by atoms with van der Waals surface area (Å²) in [5.41, 5.74) is 4.08. The number of fused-ring (bicyclic) bond motifs is 3. The molecule has 3 aliphatic rings. The van der Waals surface area contributed by atoms with Crippen LogP contribution in [-0.2, 0) is 6.42 Å². The second-order valence-corrected chi connectivity index (χ2v) is 5.97. The molecule has 1 aromatic carbocycles. The minimum atomic E-state index is 0.749. The Morgan fingerprint density at radius 2 is 1.87 bits per heavy atom. The van der Waals surface area contributed by atoms with Crippen molar-refractivity contribution in [2.75, 3.05) is 0 Å². The zero-order chi connectivity index (χ0) is 9.88. The molecule has 0 nitrogen and oxygen atoms in total. The molecule has 2 bridgehead atoms. The van der Waals surface area contributed by atoms with Crippen LogP contribution in [0.5, 0.6) is 0 Å². The van der Waals surface area contributed by atoms with Gasteiger partial charge in [-0.15, -0.1) is 0 Å². The molecular weight excluding hydrogens is 180 g/mol. The lowest BCUT2D eigenvalue weighted by molar-refractivity contribution is 0.209. The maximum absolute atomic E-state index is 2.38. The fourth-order valence-electron chi connectivity index (χ4n) is 4.53. The van der Waals surface area contributed by atoms with Gasteiger partial charge in [-0.25, -0.2) is 0 Å². The zero-order valence-corrected chi connectivity index (χ0v) is 9.21. The molecular formula is C15H18. The monoisotopic (exact) mass is 198 g/mol. The highest BCUT2D eigenvalue weighted by molar-refractivity contribution is 5.42. The highest BCUT2D eigenvalue weighted by atomic mass is 14.6. The van der Waals surface area contributed by atoms with Crippen molar-refractivity contribution in [1.82, 2.24) is 0 Å². The summed E-state index contributed by atoms with van der Waals surface area (Å²) in [5.74, 6) is 2.03. The minimum Gasteiger partial charge on any atom is -0.0620 e. The average Bonchev–Trinajstić information content (AvgIpc) is 2.80. The molecule has 0 heteroatoms. The van der Waals surface area contributed by atoms with Gasteiger partial charge in [0.25, 0.3) is 0 Å². The van der Waals surface area contributed by atoms with Crippen molar-refractivity contribution < 1.29 is 0 Å². The quantitative estimate of drug-likeness (QED) is 0.642. The Labute approximate surface area is 91.7 Å². The van der Waals surface area contributed by atoms with Crippen molar-refractivity contribution in [2.45, 2.75) is 44.4 Å². The van der Waals surface area contributed by atoms with Gasteiger partial charge in [-0.05, 0) is 66.9 Å². The molecule has 0 N–H and O–H groups in total. The average molecular weight is 198 g/mol. The molecule has 1 unspecified atom stereocenters. The second kappa shape index (κ2) is 2.66. The van der Waals surface area contributed by atoms with Gasteiger partial charge in [0.15, 0.2) is 0 Å². The van der Waals surface area contributed by atoms with Crippen LogP contribution < -0.4 is 0 Å². The van der Waals surface area contributed by atoms with Crippen LogP contribution in [0.3, 0.4) is 0 Å². The Morgan fingerprint density at radius 1 is 1.07 bits per heavy atom. The fourth-order valence-corrected chi connectivity index (χ4v) is 4.53. The fraction of sp³-hybridized carbons (Fsp3) is 0.600. The molecule has 0 aliphatic heterocycles. The first kappa shape index (κ1) is 8.38. The highest BCUT2D eigenvalue weighted by Gasteiger charge is 2.52. The van der Waals surface area contributed by atoms with Crippen molar-refractivity contribution >= 4 is 0 Å². The van der Waals surface area contributed by atoms with Crippen molar-refractivity contribution in [3.05, 3.63) is 35.4 Å². The zero-order valence-electron chi connectivity index (χ0n) is 9.21. The summed E-state index contributed by atoms with van der Waals surface area (Å²) in [5, 5.41) is 0. The molecule has 2 fully saturated rings. The third-order valence-corrected chi connectivity index (χ3v) is 5.39. The van der Waals surface area contributed by atoms with E-state index in [1.165, 1.54) is 32.1 Å². The minimum absolute atomic E-state index is 0.749. The largest absolute Gasteiger partial charge is 0.0620 e. The van der Waals surface area contributed by atoms with Gasteiger partial charge in [0.1, 0.15) is 0 Å². The standard InChI is InChI=1S/C15H18/c1-2-4-13-12(3-1)9-14(13)15-7-5-11(10-15)6-8-15/h1-4,11,14H,5-10H2. The number of benzene rings is 1. The van der Waals surface area contributed by atoms with Crippen LogP contribution in [0.1, 0.15) is 49.1 Å². The van der Waals surface area contributed by atoms with Crippen molar-refractivity contribution in [2.24, 2.45) is 11.3 Å². The maximum atomic E-state index is 2.38. The smallest absolute Gasteiger partial charge is 0.00619 e. The second-order valence-electron chi connectivity index (χ2n) is 5.97. The molecule has 1 atom stereocenters. The van der Waals surface area contributed by atoms with Crippen molar-refractivity contribution in [1.29, 1.82) is 0 Å². The van der Waals surface area contributed by atoms with E-state index in [4.69, 9.17) is 0 Å². The molecule has 78 valence electrons. The van der Waals surface area contributed by atoms with Gasteiger partial charge < -0.3 is 0 Å². The molecule has 0 amide bonds. The molecule has 3 aliphatic carbocycles. The molecule has 0 aromatic heterocycles. The topological polar surface area (TPSA) is 0 Å². The Balaban J connectivity index is 1.72. The SMILES string of the molecule is c1ccc2c(c1)CC2C12CCC(CC1)C2. The summed E-state index contributed by atoms with van der Waals surface area (Å²) in [7, 11) is 0. The Morgan fingerprint density at radius 3 is 2.53 bits per heavy atom. The third-order valence-electron chi connectivity index (χ3n) is 5.39. The lowest BCUT2D eigenvalue weighted by Crippen LogP contribution is -2.32. The van der Waals surface area contributed by atoms with E-state index in [9.17, 15) is 0 Å². The lowest BCUT2D eigenvalue weighted by atomic mass is 9.61. The third kappa shape index (κ3) is 0.979. The van der Waals surface area contributed by atoms with Crippen LogP contribution in [0.25, 0.3) is 0 Å². The van der Waals surface area contributed by atoms with Gasteiger partial charge in [0.2, 0.25) is 0 Å². The van der Waals surface area contributed by atoms with Gasteiger partial charge >= 0.3 is 0 Å².